The topological polar surface area (TPSA) is 180 Å². The summed E-state index contributed by atoms with van der Waals surface area (Å²) in [5.41, 5.74) is 2.32. The number of piperidine rings is 2. The molecule has 2 aliphatic carbocycles. The highest BCUT2D eigenvalue weighted by Crippen LogP contribution is 2.53. The Bertz CT molecular complexity index is 2890. The van der Waals surface area contributed by atoms with Crippen LogP contribution in [0.4, 0.5) is 21.7 Å². The maximum atomic E-state index is 16.2. The molecule has 2 unspecified atom stereocenters. The number of aliphatic hydroxyl groups excluding tert-OH is 1. The van der Waals surface area contributed by atoms with Gasteiger partial charge in [-0.05, 0) is 112 Å². The Morgan fingerprint density at radius 3 is 2.39 bits per heavy atom. The van der Waals surface area contributed by atoms with Crippen LogP contribution in [0.2, 0.25) is 5.02 Å². The van der Waals surface area contributed by atoms with Crippen molar-refractivity contribution in [1.82, 2.24) is 38.2 Å². The maximum Gasteiger partial charge on any atom is 0.329 e. The SMILES string of the molecule is Cc1cc(S(=O)(=O)N2CCC3(CC2)CC(CN2CCN(c4ccc5c(c4F)n(C)c(=O)n5C4CCC(O)NC4=O)CC2)C3)ccc1Nc1ncc2cc(Cl)c(=O)n(C3CCCC3)c2n1. The first-order valence-corrected chi connectivity index (χ1v) is 24.3. The molecule has 2 aromatic carbocycles. The third-order valence-electron chi connectivity index (χ3n) is 14.8. The van der Waals surface area contributed by atoms with Crippen LogP contribution in [0.25, 0.3) is 22.1 Å². The van der Waals surface area contributed by atoms with E-state index in [4.69, 9.17) is 16.6 Å². The summed E-state index contributed by atoms with van der Waals surface area (Å²) < 4.78 is 50.0. The van der Waals surface area contributed by atoms with Gasteiger partial charge in [-0.2, -0.15) is 9.29 Å². The van der Waals surface area contributed by atoms with Crippen LogP contribution in [0.1, 0.15) is 81.9 Å². The highest BCUT2D eigenvalue weighted by Gasteiger charge is 2.48. The summed E-state index contributed by atoms with van der Waals surface area (Å²) in [6.07, 6.45) is 8.95. The van der Waals surface area contributed by atoms with Gasteiger partial charge < -0.3 is 20.6 Å². The van der Waals surface area contributed by atoms with Crippen molar-refractivity contribution in [3.8, 4) is 0 Å². The van der Waals surface area contributed by atoms with Gasteiger partial charge in [-0.3, -0.25) is 28.2 Å². The van der Waals surface area contributed by atoms with E-state index in [0.29, 0.717) is 72.4 Å². The highest BCUT2D eigenvalue weighted by molar-refractivity contribution is 7.89. The molecule has 1 amide bonds. The van der Waals surface area contributed by atoms with E-state index in [1.807, 2.05) is 11.8 Å². The summed E-state index contributed by atoms with van der Waals surface area (Å²) in [6, 6.07) is 9.30. The van der Waals surface area contributed by atoms with Crippen molar-refractivity contribution in [2.75, 3.05) is 56.0 Å². The molecule has 3 saturated heterocycles. The van der Waals surface area contributed by atoms with E-state index >= 15 is 4.39 Å². The smallest absolute Gasteiger partial charge is 0.329 e. The molecule has 5 aliphatic rings. The van der Waals surface area contributed by atoms with Crippen LogP contribution in [0.5, 0.6) is 0 Å². The first-order chi connectivity index (χ1) is 30.7. The maximum absolute atomic E-state index is 16.2. The second-order valence-corrected chi connectivity index (χ2v) is 21.1. The third-order valence-corrected chi connectivity index (χ3v) is 16.9. The van der Waals surface area contributed by atoms with Gasteiger partial charge in [0.15, 0.2) is 5.82 Å². The number of anilines is 3. The van der Waals surface area contributed by atoms with Gasteiger partial charge in [0, 0.05) is 76.2 Å². The fourth-order valence-corrected chi connectivity index (χ4v) is 13.0. The molecule has 64 heavy (non-hydrogen) atoms. The molecule has 19 heteroatoms. The molecule has 1 spiro atoms. The lowest BCUT2D eigenvalue weighted by molar-refractivity contribution is -0.130. The molecule has 10 rings (SSSR count). The molecule has 6 heterocycles. The van der Waals surface area contributed by atoms with Crippen LogP contribution in [-0.2, 0) is 21.9 Å². The molecule has 3 aliphatic heterocycles. The zero-order chi connectivity index (χ0) is 44.7. The van der Waals surface area contributed by atoms with E-state index in [9.17, 15) is 27.9 Å². The number of aromatic nitrogens is 5. The summed E-state index contributed by atoms with van der Waals surface area (Å²) in [5.74, 6) is -0.100. The Kier molecular flexibility index (Phi) is 11.1. The number of sulfonamides is 1. The van der Waals surface area contributed by atoms with E-state index in [1.165, 1.54) is 16.2 Å². The van der Waals surface area contributed by atoms with Crippen molar-refractivity contribution >= 4 is 66.9 Å². The lowest BCUT2D eigenvalue weighted by atomic mass is 9.57. The Labute approximate surface area is 375 Å². The number of hydrogen-bond acceptors (Lipinski definition) is 11. The van der Waals surface area contributed by atoms with E-state index in [1.54, 1.807) is 51.5 Å². The van der Waals surface area contributed by atoms with E-state index < -0.39 is 39.7 Å². The number of piperazine rings is 1. The van der Waals surface area contributed by atoms with Gasteiger partial charge in [-0.15, -0.1) is 0 Å². The van der Waals surface area contributed by atoms with Crippen molar-refractivity contribution < 1.29 is 22.7 Å². The average Bonchev–Trinajstić information content (AvgIpc) is 3.88. The zero-order valence-corrected chi connectivity index (χ0v) is 37.7. The Hall–Kier alpha value is -4.88. The van der Waals surface area contributed by atoms with E-state index in [-0.39, 0.29) is 38.9 Å². The number of fused-ring (bicyclic) bond motifs is 2. The number of nitrogens with zero attached hydrogens (tertiary/aromatic N) is 8. The number of nitrogens with one attached hydrogen (secondary N) is 2. The van der Waals surface area contributed by atoms with Gasteiger partial charge in [0.25, 0.3) is 5.56 Å². The van der Waals surface area contributed by atoms with Crippen LogP contribution < -0.4 is 26.8 Å². The lowest BCUT2D eigenvalue weighted by Crippen LogP contribution is -2.53. The van der Waals surface area contributed by atoms with Crippen molar-refractivity contribution in [3.63, 3.8) is 0 Å². The summed E-state index contributed by atoms with van der Waals surface area (Å²) in [6.45, 7) is 6.59. The Morgan fingerprint density at radius 1 is 0.953 bits per heavy atom. The van der Waals surface area contributed by atoms with Gasteiger partial charge in [0.05, 0.1) is 16.1 Å². The van der Waals surface area contributed by atoms with Crippen molar-refractivity contribution in [1.29, 1.82) is 0 Å². The minimum atomic E-state index is -3.71. The molecule has 5 aromatic rings. The number of benzene rings is 2. The number of rotatable bonds is 9. The van der Waals surface area contributed by atoms with Crippen LogP contribution in [-0.4, -0.2) is 104 Å². The van der Waals surface area contributed by atoms with Crippen molar-refractivity contribution in [2.45, 2.75) is 94.3 Å². The monoisotopic (exact) mass is 916 g/mol. The average molecular weight is 918 g/mol. The van der Waals surface area contributed by atoms with Crippen LogP contribution in [0.3, 0.4) is 0 Å². The highest BCUT2D eigenvalue weighted by atomic mass is 35.5. The standard InChI is InChI=1S/C45H54ClFN10O6S/c1-27-21-31(7-8-33(27)49-43-48-25-29-22-32(46)42(60)56(40(29)51-43)30-5-3-4-6-30)64(62,63)55-15-13-45(14-16-55)23-28(24-45)26-53-17-19-54(20-18-53)34-9-10-35-39(38(34)47)52(2)44(61)57(35)36-11-12-37(58)50-41(36)59/h7-10,21-22,25,28,30,36-37,58H,3-6,11-20,23-24,26H2,1-2H3,(H,50,59)(H,48,49,51). The first-order valence-electron chi connectivity index (χ1n) is 22.5. The zero-order valence-electron chi connectivity index (χ0n) is 36.1. The number of pyridine rings is 1. The number of amides is 1. The van der Waals surface area contributed by atoms with Crippen LogP contribution >= 0.6 is 11.6 Å². The molecule has 5 fully saturated rings. The Morgan fingerprint density at radius 2 is 1.69 bits per heavy atom. The fourth-order valence-electron chi connectivity index (χ4n) is 11.3. The molecule has 0 bridgehead atoms. The number of aliphatic hydroxyl groups is 1. The lowest BCUT2D eigenvalue weighted by Gasteiger charge is -2.53. The van der Waals surface area contributed by atoms with Gasteiger partial charge in [0.2, 0.25) is 21.9 Å². The quantitative estimate of drug-likeness (QED) is 0.178. The molecule has 3 N–H and O–H groups in total. The van der Waals surface area contributed by atoms with Crippen LogP contribution in [0.15, 0.2) is 57.1 Å². The second kappa shape index (κ2) is 16.5. The molecule has 0 radical (unpaired) electrons. The predicted molar refractivity (Wildman–Crippen MR) is 242 cm³/mol. The number of carbonyl (C=O) groups excluding carboxylic acids is 1. The molecule has 16 nitrogen and oxygen atoms in total. The molecule has 340 valence electrons. The molecule has 2 saturated carbocycles. The summed E-state index contributed by atoms with van der Waals surface area (Å²) in [5, 5.41) is 16.4. The van der Waals surface area contributed by atoms with E-state index in [2.05, 4.69) is 20.5 Å². The number of aryl methyl sites for hydroxylation is 2. The van der Waals surface area contributed by atoms with Gasteiger partial charge in [-0.1, -0.05) is 24.4 Å². The molecule has 2 atom stereocenters. The van der Waals surface area contributed by atoms with Gasteiger partial charge in [-0.25, -0.2) is 22.6 Å². The number of hydrogen-bond donors (Lipinski definition) is 3. The molecule has 3 aromatic heterocycles. The number of imidazole rings is 1. The Balaban J connectivity index is 0.725. The van der Waals surface area contributed by atoms with Crippen molar-refractivity contribution in [2.24, 2.45) is 18.4 Å². The summed E-state index contributed by atoms with van der Waals surface area (Å²) >= 11 is 6.31. The fraction of sp³-hybridized carbons (Fsp3) is 0.533. The van der Waals surface area contributed by atoms with Gasteiger partial charge in [0.1, 0.15) is 28.5 Å². The normalized spacial score (nSPS) is 22.7. The first kappa shape index (κ1) is 43.0. The largest absolute Gasteiger partial charge is 0.374 e. The number of carbonyl (C=O) groups is 1. The third kappa shape index (κ3) is 7.57. The minimum absolute atomic E-state index is 0.0369. The summed E-state index contributed by atoms with van der Waals surface area (Å²) in [7, 11) is -2.19. The van der Waals surface area contributed by atoms with Crippen molar-refractivity contribution in [3.05, 3.63) is 79.8 Å². The minimum Gasteiger partial charge on any atom is -0.374 e. The molecular formula is C45H54ClFN10O6S. The number of halogens is 2. The predicted octanol–water partition coefficient (Wildman–Crippen LogP) is 5.18. The second-order valence-electron chi connectivity index (χ2n) is 18.7. The van der Waals surface area contributed by atoms with Crippen LogP contribution in [0, 0.1) is 24.1 Å². The molecular weight excluding hydrogens is 863 g/mol. The summed E-state index contributed by atoms with van der Waals surface area (Å²) in [4.78, 5) is 52.9. The van der Waals surface area contributed by atoms with E-state index in [0.717, 1.165) is 76.6 Å². The van der Waals surface area contributed by atoms with Gasteiger partial charge >= 0.3 is 5.69 Å².